The number of para-hydroxylation sites is 1. The molecule has 1 aromatic carbocycles. The highest BCUT2D eigenvalue weighted by molar-refractivity contribution is 5.83. The van der Waals surface area contributed by atoms with Crippen molar-refractivity contribution in [1.29, 1.82) is 0 Å². The standard InChI is InChI=1S/C16H20N4/c1-2-20-12-13(10-18-20)11-19-9-7-15-5-3-4-14(6-8-17)16(15)19/h3-5,7,9-10,12H,2,6,8,11,17H2,1H3. The van der Waals surface area contributed by atoms with Gasteiger partial charge in [0.2, 0.25) is 0 Å². The summed E-state index contributed by atoms with van der Waals surface area (Å²) in [7, 11) is 0. The minimum atomic E-state index is 0.679. The van der Waals surface area contributed by atoms with Crippen molar-refractivity contribution in [2.75, 3.05) is 6.54 Å². The third kappa shape index (κ3) is 2.34. The number of rotatable bonds is 5. The summed E-state index contributed by atoms with van der Waals surface area (Å²) in [6.45, 7) is 4.54. The van der Waals surface area contributed by atoms with Gasteiger partial charge in [0.15, 0.2) is 0 Å². The highest BCUT2D eigenvalue weighted by Crippen LogP contribution is 2.21. The number of nitrogens with zero attached hydrogens (tertiary/aromatic N) is 3. The molecule has 0 aliphatic heterocycles. The maximum atomic E-state index is 5.72. The van der Waals surface area contributed by atoms with Gasteiger partial charge in [-0.2, -0.15) is 5.10 Å². The monoisotopic (exact) mass is 268 g/mol. The Hall–Kier alpha value is -2.07. The topological polar surface area (TPSA) is 48.8 Å². The first-order valence-corrected chi connectivity index (χ1v) is 7.10. The zero-order valence-electron chi connectivity index (χ0n) is 11.8. The lowest BCUT2D eigenvalue weighted by molar-refractivity contribution is 0.658. The molecule has 0 bridgehead atoms. The van der Waals surface area contributed by atoms with Crippen LogP contribution in [0.2, 0.25) is 0 Å². The fraction of sp³-hybridized carbons (Fsp3) is 0.312. The molecule has 4 nitrogen and oxygen atoms in total. The van der Waals surface area contributed by atoms with Crippen LogP contribution < -0.4 is 5.73 Å². The molecule has 20 heavy (non-hydrogen) atoms. The van der Waals surface area contributed by atoms with Crippen molar-refractivity contribution in [3.05, 3.63) is 54.0 Å². The Balaban J connectivity index is 1.98. The zero-order chi connectivity index (χ0) is 13.9. The average Bonchev–Trinajstić information content (AvgIpc) is 3.07. The smallest absolute Gasteiger partial charge is 0.0539 e. The van der Waals surface area contributed by atoms with Crippen LogP contribution in [0.4, 0.5) is 0 Å². The maximum Gasteiger partial charge on any atom is 0.0539 e. The number of aryl methyl sites for hydroxylation is 1. The molecule has 3 aromatic rings. The van der Waals surface area contributed by atoms with E-state index in [9.17, 15) is 0 Å². The van der Waals surface area contributed by atoms with Gasteiger partial charge in [-0.1, -0.05) is 18.2 Å². The Kier molecular flexibility index (Phi) is 3.56. The summed E-state index contributed by atoms with van der Waals surface area (Å²) >= 11 is 0. The number of hydrogen-bond donors (Lipinski definition) is 1. The third-order valence-electron chi connectivity index (χ3n) is 3.65. The van der Waals surface area contributed by atoms with E-state index in [1.54, 1.807) is 0 Å². The molecule has 0 aliphatic carbocycles. The quantitative estimate of drug-likeness (QED) is 0.772. The Morgan fingerprint density at radius 3 is 2.90 bits per heavy atom. The van der Waals surface area contributed by atoms with Crippen LogP contribution >= 0.6 is 0 Å². The number of benzene rings is 1. The van der Waals surface area contributed by atoms with Gasteiger partial charge in [0.05, 0.1) is 18.3 Å². The molecule has 0 atom stereocenters. The van der Waals surface area contributed by atoms with E-state index >= 15 is 0 Å². The number of nitrogens with two attached hydrogens (primary N) is 1. The maximum absolute atomic E-state index is 5.72. The zero-order valence-corrected chi connectivity index (χ0v) is 11.8. The van der Waals surface area contributed by atoms with Crippen LogP contribution in [0.15, 0.2) is 42.9 Å². The van der Waals surface area contributed by atoms with Crippen LogP contribution in [0.5, 0.6) is 0 Å². The highest BCUT2D eigenvalue weighted by atomic mass is 15.3. The summed E-state index contributed by atoms with van der Waals surface area (Å²) in [5.41, 5.74) is 9.56. The van der Waals surface area contributed by atoms with Crippen LogP contribution in [0.1, 0.15) is 18.1 Å². The Morgan fingerprint density at radius 1 is 1.25 bits per heavy atom. The van der Waals surface area contributed by atoms with Gasteiger partial charge in [-0.15, -0.1) is 0 Å². The molecular weight excluding hydrogens is 248 g/mol. The molecular formula is C16H20N4. The van der Waals surface area contributed by atoms with Crippen LogP contribution in [0, 0.1) is 0 Å². The average molecular weight is 268 g/mol. The van der Waals surface area contributed by atoms with Crippen molar-refractivity contribution in [1.82, 2.24) is 14.3 Å². The van der Waals surface area contributed by atoms with Crippen molar-refractivity contribution in [3.8, 4) is 0 Å². The van der Waals surface area contributed by atoms with Gasteiger partial charge in [0.25, 0.3) is 0 Å². The minimum Gasteiger partial charge on any atom is -0.343 e. The molecule has 0 aliphatic rings. The largest absolute Gasteiger partial charge is 0.343 e. The second kappa shape index (κ2) is 5.51. The van der Waals surface area contributed by atoms with Gasteiger partial charge < -0.3 is 10.3 Å². The molecule has 0 fully saturated rings. The van der Waals surface area contributed by atoms with E-state index in [1.165, 1.54) is 22.0 Å². The lowest BCUT2D eigenvalue weighted by atomic mass is 10.1. The van der Waals surface area contributed by atoms with Crippen molar-refractivity contribution in [2.45, 2.75) is 26.4 Å². The highest BCUT2D eigenvalue weighted by Gasteiger charge is 2.07. The minimum absolute atomic E-state index is 0.679. The summed E-state index contributed by atoms with van der Waals surface area (Å²) in [4.78, 5) is 0. The van der Waals surface area contributed by atoms with E-state index in [2.05, 4.69) is 53.2 Å². The Labute approximate surface area is 118 Å². The van der Waals surface area contributed by atoms with Gasteiger partial charge >= 0.3 is 0 Å². The van der Waals surface area contributed by atoms with Crippen molar-refractivity contribution < 1.29 is 0 Å². The molecule has 2 heterocycles. The van der Waals surface area contributed by atoms with E-state index in [-0.39, 0.29) is 0 Å². The van der Waals surface area contributed by atoms with E-state index in [4.69, 9.17) is 5.73 Å². The molecule has 0 spiro atoms. The van der Waals surface area contributed by atoms with Gasteiger partial charge in [-0.05, 0) is 36.9 Å². The molecule has 0 unspecified atom stereocenters. The summed E-state index contributed by atoms with van der Waals surface area (Å²) < 4.78 is 4.25. The first kappa shape index (κ1) is 12.9. The first-order chi connectivity index (χ1) is 9.81. The Bertz CT molecular complexity index is 708. The molecule has 104 valence electrons. The molecule has 2 N–H and O–H groups in total. The number of fused-ring (bicyclic) bond motifs is 1. The van der Waals surface area contributed by atoms with Crippen LogP contribution in [-0.2, 0) is 19.5 Å². The summed E-state index contributed by atoms with van der Waals surface area (Å²) in [5, 5.41) is 5.61. The molecule has 2 aromatic heterocycles. The second-order valence-electron chi connectivity index (χ2n) is 5.04. The SMILES string of the molecule is CCn1cc(Cn2ccc3cccc(CCN)c32)cn1. The van der Waals surface area contributed by atoms with E-state index in [1.807, 2.05) is 10.9 Å². The molecule has 3 rings (SSSR count). The van der Waals surface area contributed by atoms with E-state index < -0.39 is 0 Å². The van der Waals surface area contributed by atoms with Crippen molar-refractivity contribution >= 4 is 10.9 Å². The second-order valence-corrected chi connectivity index (χ2v) is 5.04. The van der Waals surface area contributed by atoms with Crippen molar-refractivity contribution in [3.63, 3.8) is 0 Å². The van der Waals surface area contributed by atoms with Gasteiger partial charge in [-0.3, -0.25) is 4.68 Å². The first-order valence-electron chi connectivity index (χ1n) is 7.10. The predicted molar refractivity (Wildman–Crippen MR) is 81.7 cm³/mol. The van der Waals surface area contributed by atoms with Crippen LogP contribution in [-0.4, -0.2) is 20.9 Å². The van der Waals surface area contributed by atoms with Crippen LogP contribution in [0.3, 0.4) is 0 Å². The van der Waals surface area contributed by atoms with E-state index in [0.29, 0.717) is 6.54 Å². The lowest BCUT2D eigenvalue weighted by Gasteiger charge is -2.08. The normalized spacial score (nSPS) is 11.3. The fourth-order valence-corrected chi connectivity index (χ4v) is 2.69. The summed E-state index contributed by atoms with van der Waals surface area (Å²) in [6.07, 6.45) is 7.11. The van der Waals surface area contributed by atoms with E-state index in [0.717, 1.165) is 19.5 Å². The molecule has 0 saturated heterocycles. The fourth-order valence-electron chi connectivity index (χ4n) is 2.69. The van der Waals surface area contributed by atoms with Gasteiger partial charge in [-0.25, -0.2) is 0 Å². The molecule has 0 saturated carbocycles. The molecule has 0 amide bonds. The molecule has 0 radical (unpaired) electrons. The van der Waals surface area contributed by atoms with Gasteiger partial charge in [0, 0.05) is 24.5 Å². The summed E-state index contributed by atoms with van der Waals surface area (Å²) in [6, 6.07) is 8.59. The number of hydrogen-bond acceptors (Lipinski definition) is 2. The van der Waals surface area contributed by atoms with Gasteiger partial charge in [0.1, 0.15) is 0 Å². The third-order valence-corrected chi connectivity index (χ3v) is 3.65. The van der Waals surface area contributed by atoms with Crippen LogP contribution in [0.25, 0.3) is 10.9 Å². The Morgan fingerprint density at radius 2 is 2.15 bits per heavy atom. The molecule has 4 heteroatoms. The lowest BCUT2D eigenvalue weighted by Crippen LogP contribution is -2.05. The summed E-state index contributed by atoms with van der Waals surface area (Å²) in [5.74, 6) is 0. The predicted octanol–water partition coefficient (Wildman–Crippen LogP) is 2.41. The van der Waals surface area contributed by atoms with Crippen molar-refractivity contribution in [2.24, 2.45) is 5.73 Å². The number of aromatic nitrogens is 3.